The third-order valence-electron chi connectivity index (χ3n) is 5.63. The van der Waals surface area contributed by atoms with Gasteiger partial charge in [-0.25, -0.2) is 17.8 Å². The highest BCUT2D eigenvalue weighted by atomic mass is 32.2. The van der Waals surface area contributed by atoms with E-state index in [1.165, 1.54) is 19.1 Å². The lowest BCUT2D eigenvalue weighted by Crippen LogP contribution is -2.47. The van der Waals surface area contributed by atoms with E-state index in [1.54, 1.807) is 24.3 Å². The largest absolute Gasteiger partial charge is 0.569 e. The molecule has 17 heteroatoms. The molecule has 1 heterocycles. The highest BCUT2D eigenvalue weighted by Gasteiger charge is 2.35. The van der Waals surface area contributed by atoms with E-state index in [0.29, 0.717) is 10.6 Å². The number of nitrogens with zero attached hydrogens (tertiary/aromatic N) is 5. The molecule has 0 saturated carbocycles. The molecule has 1 amide bonds. The Morgan fingerprint density at radius 2 is 1.78 bits per heavy atom. The number of carbonyl (C=O) groups is 2. The molecule has 13 nitrogen and oxygen atoms in total. The third-order valence-corrected chi connectivity index (χ3v) is 6.99. The maximum absolute atomic E-state index is 13.4. The number of rotatable bonds is 10. The first kappa shape index (κ1) is 30.9. The van der Waals surface area contributed by atoms with Crippen LogP contribution in [0.25, 0.3) is 16.9 Å². The van der Waals surface area contributed by atoms with Crippen LogP contribution in [0.2, 0.25) is 0 Å². The Labute approximate surface area is 232 Å². The molecule has 0 unspecified atom stereocenters. The van der Waals surface area contributed by atoms with Gasteiger partial charge < -0.3 is 14.8 Å². The van der Waals surface area contributed by atoms with E-state index in [1.807, 2.05) is 11.6 Å². The SMILES string of the molecule is CC(=O)OCO/N=[N+](\[O-])N(C)[C@@H](C)C(=O)NS(=O)(=O)c1ccc(-n2nc(C(F)(F)F)cc2-c2ccc(C)cc2)cc1. The van der Waals surface area contributed by atoms with Gasteiger partial charge in [-0.15, -0.1) is 5.01 Å². The second-order valence-corrected chi connectivity index (χ2v) is 10.3. The van der Waals surface area contributed by atoms with Gasteiger partial charge in [-0.2, -0.15) is 18.3 Å². The topological polar surface area (TPSA) is 158 Å². The number of benzene rings is 2. The summed E-state index contributed by atoms with van der Waals surface area (Å²) in [5, 5.41) is 19.4. The first-order valence-electron chi connectivity index (χ1n) is 11.7. The van der Waals surface area contributed by atoms with Crippen LogP contribution in [0.15, 0.2) is 64.8 Å². The fraction of sp³-hybridized carbons (Fsp3) is 0.292. The van der Waals surface area contributed by atoms with Crippen LogP contribution in [0.1, 0.15) is 25.1 Å². The Morgan fingerprint density at radius 1 is 1.17 bits per heavy atom. The first-order chi connectivity index (χ1) is 19.1. The van der Waals surface area contributed by atoms with E-state index in [2.05, 4.69) is 20.0 Å². The minimum absolute atomic E-state index is 0.127. The lowest BCUT2D eigenvalue weighted by molar-refractivity contribution is -0.710. The molecule has 0 fully saturated rings. The van der Waals surface area contributed by atoms with E-state index in [-0.39, 0.29) is 21.2 Å². The number of nitrogens with one attached hydrogen (secondary N) is 1. The van der Waals surface area contributed by atoms with Crippen LogP contribution in [0, 0.1) is 12.1 Å². The molecule has 3 rings (SSSR count). The second kappa shape index (κ2) is 12.2. The molecule has 1 aromatic heterocycles. The molecule has 0 radical (unpaired) electrons. The van der Waals surface area contributed by atoms with Gasteiger partial charge >= 0.3 is 12.1 Å². The fourth-order valence-corrected chi connectivity index (χ4v) is 4.29. The van der Waals surface area contributed by atoms with Crippen LogP contribution < -0.4 is 4.72 Å². The van der Waals surface area contributed by atoms with Gasteiger partial charge in [0.25, 0.3) is 22.7 Å². The number of likely N-dealkylation sites (N-methyl/N-ethyl adjacent to an activating group) is 1. The Kier molecular flexibility index (Phi) is 9.21. The maximum Gasteiger partial charge on any atom is 0.435 e. The summed E-state index contributed by atoms with van der Waals surface area (Å²) in [4.78, 5) is 27.2. The highest BCUT2D eigenvalue weighted by Crippen LogP contribution is 2.33. The number of ether oxygens (including phenoxy) is 1. The van der Waals surface area contributed by atoms with E-state index in [9.17, 15) is 36.4 Å². The van der Waals surface area contributed by atoms with Crippen molar-refractivity contribution in [2.24, 2.45) is 5.28 Å². The van der Waals surface area contributed by atoms with Gasteiger partial charge in [0.1, 0.15) is 0 Å². The molecule has 220 valence electrons. The molecule has 41 heavy (non-hydrogen) atoms. The number of alkyl halides is 3. The second-order valence-electron chi connectivity index (χ2n) is 8.62. The number of halogens is 3. The van der Waals surface area contributed by atoms with Crippen molar-refractivity contribution < 1.29 is 45.7 Å². The summed E-state index contributed by atoms with van der Waals surface area (Å²) in [5.41, 5.74) is 0.481. The summed E-state index contributed by atoms with van der Waals surface area (Å²) in [6, 6.07) is 10.9. The zero-order valence-corrected chi connectivity index (χ0v) is 22.9. The average Bonchev–Trinajstić information content (AvgIpc) is 3.36. The van der Waals surface area contributed by atoms with Gasteiger partial charge in [-0.05, 0) is 44.2 Å². The summed E-state index contributed by atoms with van der Waals surface area (Å²) in [7, 11) is -3.33. The van der Waals surface area contributed by atoms with Crippen molar-refractivity contribution in [3.63, 3.8) is 0 Å². The summed E-state index contributed by atoms with van der Waals surface area (Å²) in [6.45, 7) is 3.49. The number of esters is 1. The van der Waals surface area contributed by atoms with E-state index >= 15 is 0 Å². The Bertz CT molecular complexity index is 1540. The predicted molar refractivity (Wildman–Crippen MR) is 135 cm³/mol. The monoisotopic (exact) mass is 598 g/mol. The molecular formula is C24H25F3N6O7S. The molecule has 0 spiro atoms. The third kappa shape index (κ3) is 7.71. The standard InChI is InChI=1S/C24H25F3N6O7S/c1-15-5-7-18(8-6-15)21-13-22(24(25,26)27)28-32(21)19-9-11-20(12-10-19)41(37,38)29-23(35)16(2)31(4)33(36)30-40-14-39-17(3)34/h5-13,16H,14H2,1-4H3,(H,29,35)/b33-30-/t16-/m0/s1. The molecule has 3 aromatic rings. The Hall–Kier alpha value is -4.67. The van der Waals surface area contributed by atoms with Crippen LogP contribution >= 0.6 is 0 Å². The number of hydrazine groups is 1. The number of carbonyl (C=O) groups excluding carboxylic acids is 2. The maximum atomic E-state index is 13.4. The smallest absolute Gasteiger partial charge is 0.435 e. The average molecular weight is 599 g/mol. The number of aromatic nitrogens is 2. The summed E-state index contributed by atoms with van der Waals surface area (Å²) >= 11 is 0. The van der Waals surface area contributed by atoms with Gasteiger partial charge in [0, 0.05) is 12.5 Å². The van der Waals surface area contributed by atoms with Crippen molar-refractivity contribution in [1.29, 1.82) is 0 Å². The minimum atomic E-state index is -4.72. The molecule has 0 aliphatic rings. The summed E-state index contributed by atoms with van der Waals surface area (Å²) in [5.74, 6) is -1.78. The van der Waals surface area contributed by atoms with Crippen LogP contribution in [-0.4, -0.2) is 59.9 Å². The number of amides is 1. The lowest BCUT2D eigenvalue weighted by atomic mass is 10.1. The molecular weight excluding hydrogens is 573 g/mol. The van der Waals surface area contributed by atoms with Crippen molar-refractivity contribution in [1.82, 2.24) is 19.5 Å². The Balaban J connectivity index is 1.80. The quantitative estimate of drug-likeness (QED) is 0.0923. The van der Waals surface area contributed by atoms with Crippen molar-refractivity contribution in [2.45, 2.75) is 37.9 Å². The normalized spacial score (nSPS) is 12.9. The van der Waals surface area contributed by atoms with Gasteiger partial charge in [-0.3, -0.25) is 9.59 Å². The van der Waals surface area contributed by atoms with Crippen molar-refractivity contribution >= 4 is 21.9 Å². The zero-order chi connectivity index (χ0) is 30.5. The van der Waals surface area contributed by atoms with Gasteiger partial charge in [0.15, 0.2) is 11.7 Å². The Morgan fingerprint density at radius 3 is 2.34 bits per heavy atom. The van der Waals surface area contributed by atoms with Gasteiger partial charge in [0.05, 0.1) is 28.3 Å². The van der Waals surface area contributed by atoms with Gasteiger partial charge in [0.2, 0.25) is 5.28 Å². The van der Waals surface area contributed by atoms with Crippen LogP contribution in [-0.2, 0) is 35.4 Å². The molecule has 1 atom stereocenters. The number of sulfonamides is 1. The van der Waals surface area contributed by atoms with Crippen molar-refractivity contribution in [2.75, 3.05) is 13.8 Å². The van der Waals surface area contributed by atoms with E-state index in [4.69, 9.17) is 0 Å². The lowest BCUT2D eigenvalue weighted by Gasteiger charge is -2.19. The highest BCUT2D eigenvalue weighted by molar-refractivity contribution is 7.90. The van der Waals surface area contributed by atoms with E-state index in [0.717, 1.165) is 42.4 Å². The molecule has 0 bridgehead atoms. The number of hydrogen-bond donors (Lipinski definition) is 1. The van der Waals surface area contributed by atoms with Crippen LogP contribution in [0.5, 0.6) is 0 Å². The van der Waals surface area contributed by atoms with E-state index < -0.39 is 46.6 Å². The number of hydrogen-bond acceptors (Lipinski definition) is 9. The van der Waals surface area contributed by atoms with Crippen molar-refractivity contribution in [3.8, 4) is 16.9 Å². The molecule has 0 saturated heterocycles. The zero-order valence-electron chi connectivity index (χ0n) is 22.1. The molecule has 0 aliphatic heterocycles. The van der Waals surface area contributed by atoms with Crippen molar-refractivity contribution in [3.05, 3.63) is 71.1 Å². The molecule has 0 aliphatic carbocycles. The molecule has 1 N–H and O–H groups in total. The first-order valence-corrected chi connectivity index (χ1v) is 13.2. The number of aryl methyl sites for hydroxylation is 1. The summed E-state index contributed by atoms with van der Waals surface area (Å²) < 4.78 is 73.2. The fourth-order valence-electron chi connectivity index (χ4n) is 3.25. The minimum Gasteiger partial charge on any atom is -0.569 e. The van der Waals surface area contributed by atoms with Gasteiger partial charge in [-0.1, -0.05) is 29.8 Å². The predicted octanol–water partition coefficient (Wildman–Crippen LogP) is 3.32. The molecule has 2 aromatic carbocycles. The summed E-state index contributed by atoms with van der Waals surface area (Å²) in [6.07, 6.45) is -4.72. The van der Waals surface area contributed by atoms with Crippen LogP contribution in [0.3, 0.4) is 0 Å². The van der Waals surface area contributed by atoms with Crippen LogP contribution in [0.4, 0.5) is 13.2 Å².